The summed E-state index contributed by atoms with van der Waals surface area (Å²) in [6.07, 6.45) is 3.10. The highest BCUT2D eigenvalue weighted by molar-refractivity contribution is 7.11. The molecule has 0 amide bonds. The van der Waals surface area contributed by atoms with Gasteiger partial charge in [0.15, 0.2) is 12.2 Å². The highest BCUT2D eigenvalue weighted by Crippen LogP contribution is 2.32. The number of benzene rings is 1. The molecule has 1 aromatic carbocycles. The van der Waals surface area contributed by atoms with Crippen molar-refractivity contribution in [3.05, 3.63) is 52.7 Å². The fourth-order valence-electron chi connectivity index (χ4n) is 2.12. The van der Waals surface area contributed by atoms with E-state index >= 15 is 0 Å². The van der Waals surface area contributed by atoms with Crippen LogP contribution in [0.25, 0.3) is 11.3 Å². The molecule has 0 aliphatic carbocycles. The lowest BCUT2D eigenvalue weighted by atomic mass is 10.1. The van der Waals surface area contributed by atoms with E-state index in [2.05, 4.69) is 29.4 Å². The molecule has 2 heterocycles. The number of hydrogen-bond donors (Lipinski definition) is 1. The van der Waals surface area contributed by atoms with Gasteiger partial charge in [-0.05, 0) is 31.2 Å². The Bertz CT molecular complexity index is 720. The van der Waals surface area contributed by atoms with E-state index in [1.54, 1.807) is 24.6 Å². The number of nitrogens with one attached hydrogen (secondary N) is 1. The van der Waals surface area contributed by atoms with E-state index in [0.717, 1.165) is 23.5 Å². The van der Waals surface area contributed by atoms with Crippen molar-refractivity contribution in [2.75, 3.05) is 12.4 Å². The Morgan fingerprint density at radius 2 is 2.19 bits per heavy atom. The second-order valence-electron chi connectivity index (χ2n) is 4.65. The minimum absolute atomic E-state index is 0.701. The van der Waals surface area contributed by atoms with Crippen molar-refractivity contribution in [3.63, 3.8) is 0 Å². The SMILES string of the molecule is COc1cc(NCc2ccc(C)s2)ccc1-c1cnco1. The lowest BCUT2D eigenvalue weighted by molar-refractivity contribution is 0.415. The van der Waals surface area contributed by atoms with Crippen molar-refractivity contribution in [1.82, 2.24) is 4.98 Å². The topological polar surface area (TPSA) is 47.3 Å². The van der Waals surface area contributed by atoms with Crippen molar-refractivity contribution < 1.29 is 9.15 Å². The summed E-state index contributed by atoms with van der Waals surface area (Å²) < 4.78 is 10.8. The Labute approximate surface area is 127 Å². The van der Waals surface area contributed by atoms with Gasteiger partial charge in [-0.15, -0.1) is 11.3 Å². The number of aryl methyl sites for hydroxylation is 1. The van der Waals surface area contributed by atoms with Crippen molar-refractivity contribution in [2.45, 2.75) is 13.5 Å². The maximum atomic E-state index is 5.44. The quantitative estimate of drug-likeness (QED) is 0.761. The number of nitrogens with zero attached hydrogens (tertiary/aromatic N) is 1. The van der Waals surface area contributed by atoms with Gasteiger partial charge in [0, 0.05) is 28.1 Å². The zero-order valence-electron chi connectivity index (χ0n) is 11.9. The zero-order valence-corrected chi connectivity index (χ0v) is 12.7. The molecule has 0 saturated carbocycles. The predicted molar refractivity (Wildman–Crippen MR) is 84.9 cm³/mol. The van der Waals surface area contributed by atoms with E-state index in [0.29, 0.717) is 5.76 Å². The lowest BCUT2D eigenvalue weighted by Gasteiger charge is -2.10. The van der Waals surface area contributed by atoms with Gasteiger partial charge in [0.2, 0.25) is 0 Å². The number of ether oxygens (including phenoxy) is 1. The van der Waals surface area contributed by atoms with E-state index in [4.69, 9.17) is 9.15 Å². The van der Waals surface area contributed by atoms with Gasteiger partial charge >= 0.3 is 0 Å². The van der Waals surface area contributed by atoms with Crippen LogP contribution in [0.5, 0.6) is 5.75 Å². The number of rotatable bonds is 5. The Morgan fingerprint density at radius 3 is 2.86 bits per heavy atom. The minimum atomic E-state index is 0.701. The van der Waals surface area contributed by atoms with Crippen LogP contribution in [0, 0.1) is 6.92 Å². The Kier molecular flexibility index (Phi) is 3.92. The summed E-state index contributed by atoms with van der Waals surface area (Å²) in [4.78, 5) is 6.57. The van der Waals surface area contributed by atoms with Crippen LogP contribution in [0.3, 0.4) is 0 Å². The summed E-state index contributed by atoms with van der Waals surface area (Å²) in [6, 6.07) is 10.2. The molecule has 2 aromatic heterocycles. The molecule has 4 nitrogen and oxygen atoms in total. The summed E-state index contributed by atoms with van der Waals surface area (Å²) in [5.74, 6) is 1.46. The van der Waals surface area contributed by atoms with E-state index in [1.807, 2.05) is 18.2 Å². The molecule has 0 fully saturated rings. The first-order chi connectivity index (χ1) is 10.3. The third kappa shape index (κ3) is 3.08. The molecule has 108 valence electrons. The Balaban J connectivity index is 1.78. The second kappa shape index (κ2) is 6.01. The van der Waals surface area contributed by atoms with Crippen LogP contribution in [0.4, 0.5) is 5.69 Å². The van der Waals surface area contributed by atoms with E-state index in [1.165, 1.54) is 16.1 Å². The second-order valence-corrected chi connectivity index (χ2v) is 6.02. The molecule has 5 heteroatoms. The molecule has 1 N–H and O–H groups in total. The van der Waals surface area contributed by atoms with Crippen molar-refractivity contribution >= 4 is 17.0 Å². The zero-order chi connectivity index (χ0) is 14.7. The fourth-order valence-corrected chi connectivity index (χ4v) is 2.95. The number of aromatic nitrogens is 1. The average molecular weight is 300 g/mol. The Hall–Kier alpha value is -2.27. The van der Waals surface area contributed by atoms with Crippen LogP contribution in [-0.4, -0.2) is 12.1 Å². The molecule has 0 spiro atoms. The maximum Gasteiger partial charge on any atom is 0.181 e. The molecule has 0 bridgehead atoms. The van der Waals surface area contributed by atoms with Crippen molar-refractivity contribution in [3.8, 4) is 17.1 Å². The fraction of sp³-hybridized carbons (Fsp3) is 0.188. The molecule has 3 rings (SSSR count). The molecule has 0 unspecified atom stereocenters. The summed E-state index contributed by atoms with van der Waals surface area (Å²) >= 11 is 1.80. The van der Waals surface area contributed by atoms with Crippen LogP contribution in [0.2, 0.25) is 0 Å². The smallest absolute Gasteiger partial charge is 0.181 e. The first kappa shape index (κ1) is 13.7. The molecule has 0 atom stereocenters. The Morgan fingerprint density at radius 1 is 1.29 bits per heavy atom. The van der Waals surface area contributed by atoms with Gasteiger partial charge < -0.3 is 14.5 Å². The van der Waals surface area contributed by atoms with Gasteiger partial charge in [0.25, 0.3) is 0 Å². The minimum Gasteiger partial charge on any atom is -0.496 e. The van der Waals surface area contributed by atoms with Crippen LogP contribution in [0.1, 0.15) is 9.75 Å². The number of hydrogen-bond acceptors (Lipinski definition) is 5. The number of methoxy groups -OCH3 is 1. The van der Waals surface area contributed by atoms with Crippen molar-refractivity contribution in [1.29, 1.82) is 0 Å². The van der Waals surface area contributed by atoms with E-state index in [9.17, 15) is 0 Å². The monoisotopic (exact) mass is 300 g/mol. The molecule has 0 radical (unpaired) electrons. The summed E-state index contributed by atoms with van der Waals surface area (Å²) in [7, 11) is 1.65. The van der Waals surface area contributed by atoms with Gasteiger partial charge in [-0.3, -0.25) is 0 Å². The van der Waals surface area contributed by atoms with Gasteiger partial charge in [0.05, 0.1) is 18.9 Å². The third-order valence-corrected chi connectivity index (χ3v) is 4.16. The largest absolute Gasteiger partial charge is 0.496 e. The normalized spacial score (nSPS) is 10.6. The van der Waals surface area contributed by atoms with Crippen LogP contribution in [-0.2, 0) is 6.54 Å². The maximum absolute atomic E-state index is 5.44. The van der Waals surface area contributed by atoms with Gasteiger partial charge in [-0.2, -0.15) is 0 Å². The molecule has 0 aliphatic heterocycles. The lowest BCUT2D eigenvalue weighted by Crippen LogP contribution is -1.98. The number of thiophene rings is 1. The van der Waals surface area contributed by atoms with Crippen molar-refractivity contribution in [2.24, 2.45) is 0 Å². The van der Waals surface area contributed by atoms with Gasteiger partial charge in [-0.1, -0.05) is 0 Å². The van der Waals surface area contributed by atoms with E-state index in [-0.39, 0.29) is 0 Å². The molecule has 0 saturated heterocycles. The first-order valence-electron chi connectivity index (χ1n) is 6.62. The summed E-state index contributed by atoms with van der Waals surface area (Å²) in [5, 5.41) is 3.41. The molecule has 3 aromatic rings. The van der Waals surface area contributed by atoms with Crippen LogP contribution < -0.4 is 10.1 Å². The predicted octanol–water partition coefficient (Wildman–Crippen LogP) is 4.33. The molecular formula is C16H16N2O2S. The van der Waals surface area contributed by atoms with Crippen LogP contribution >= 0.6 is 11.3 Å². The average Bonchev–Trinajstić information content (AvgIpc) is 3.16. The first-order valence-corrected chi connectivity index (χ1v) is 7.44. The summed E-state index contributed by atoms with van der Waals surface area (Å²) in [6.45, 7) is 2.92. The van der Waals surface area contributed by atoms with Crippen LogP contribution in [0.15, 0.2) is 47.3 Å². The summed E-state index contributed by atoms with van der Waals surface area (Å²) in [5.41, 5.74) is 1.91. The van der Waals surface area contributed by atoms with E-state index < -0.39 is 0 Å². The molecular weight excluding hydrogens is 284 g/mol. The highest BCUT2D eigenvalue weighted by atomic mass is 32.1. The molecule has 0 aliphatic rings. The number of anilines is 1. The third-order valence-electron chi connectivity index (χ3n) is 3.16. The molecule has 21 heavy (non-hydrogen) atoms. The highest BCUT2D eigenvalue weighted by Gasteiger charge is 2.10. The number of oxazole rings is 1. The van der Waals surface area contributed by atoms with Gasteiger partial charge in [-0.25, -0.2) is 4.98 Å². The van der Waals surface area contributed by atoms with Gasteiger partial charge in [0.1, 0.15) is 5.75 Å². The standard InChI is InChI=1S/C16H16N2O2S/c1-11-3-5-13(21-11)8-18-12-4-6-14(15(7-12)19-2)16-9-17-10-20-16/h3-7,9-10,18H,8H2,1-2H3.